The monoisotopic (exact) mass is 583 g/mol. The number of nitrogens with zero attached hydrogens (tertiary/aromatic N) is 1. The molecule has 4 N–H and O–H groups in total. The number of nitrogens with one attached hydrogen (secondary N) is 2. The number of aromatic hydroxyl groups is 2. The first-order valence-electron chi connectivity index (χ1n) is 14.7. The van der Waals surface area contributed by atoms with Crippen molar-refractivity contribution in [2.75, 3.05) is 0 Å². The molecular weight excluding hydrogens is 534 g/mol. The number of phenols is 2. The smallest absolute Gasteiger partial charge is 0.408 e. The number of aryl methyl sites for hydroxylation is 1. The van der Waals surface area contributed by atoms with Crippen LogP contribution < -0.4 is 10.6 Å². The zero-order chi connectivity index (χ0) is 31.8. The summed E-state index contributed by atoms with van der Waals surface area (Å²) in [4.78, 5) is 43.0. The summed E-state index contributed by atoms with van der Waals surface area (Å²) in [5.41, 5.74) is 0.773. The Bertz CT molecular complexity index is 1200. The molecule has 2 aromatic rings. The summed E-state index contributed by atoms with van der Waals surface area (Å²) >= 11 is 0. The van der Waals surface area contributed by atoms with E-state index in [2.05, 4.69) is 24.5 Å². The van der Waals surface area contributed by atoms with E-state index in [1.807, 2.05) is 20.8 Å². The highest BCUT2D eigenvalue weighted by Gasteiger charge is 2.40. The van der Waals surface area contributed by atoms with E-state index in [0.717, 1.165) is 6.42 Å². The lowest BCUT2D eigenvalue weighted by Gasteiger charge is -2.39. The van der Waals surface area contributed by atoms with Gasteiger partial charge >= 0.3 is 6.09 Å². The molecule has 0 aromatic heterocycles. The Morgan fingerprint density at radius 2 is 1.52 bits per heavy atom. The fourth-order valence-corrected chi connectivity index (χ4v) is 4.69. The molecule has 9 nitrogen and oxygen atoms in total. The Labute approximate surface area is 250 Å². The lowest BCUT2D eigenvalue weighted by atomic mass is 9.94. The number of amides is 3. The maximum atomic E-state index is 14.6. The predicted molar refractivity (Wildman–Crippen MR) is 164 cm³/mol. The van der Waals surface area contributed by atoms with Crippen molar-refractivity contribution in [3.05, 3.63) is 59.2 Å². The fraction of sp³-hybridized carbons (Fsp3) is 0.545. The highest BCUT2D eigenvalue weighted by atomic mass is 16.6. The average Bonchev–Trinajstić information content (AvgIpc) is 2.86. The largest absolute Gasteiger partial charge is 0.508 e. The molecule has 0 aliphatic rings. The van der Waals surface area contributed by atoms with Crippen LogP contribution in [0.1, 0.15) is 91.0 Å². The molecular formula is C33H49N3O6. The molecule has 0 heterocycles. The molecule has 0 radical (unpaired) electrons. The number of para-hydroxylation sites is 1. The van der Waals surface area contributed by atoms with Crippen molar-refractivity contribution in [2.45, 2.75) is 111 Å². The van der Waals surface area contributed by atoms with E-state index in [9.17, 15) is 24.6 Å². The minimum Gasteiger partial charge on any atom is -0.508 e. The van der Waals surface area contributed by atoms with E-state index in [4.69, 9.17) is 4.74 Å². The molecule has 42 heavy (non-hydrogen) atoms. The first-order valence-corrected chi connectivity index (χ1v) is 14.7. The quantitative estimate of drug-likeness (QED) is 0.252. The van der Waals surface area contributed by atoms with Gasteiger partial charge in [-0.2, -0.15) is 0 Å². The molecule has 0 aliphatic heterocycles. The Morgan fingerprint density at radius 1 is 0.905 bits per heavy atom. The van der Waals surface area contributed by atoms with Crippen molar-refractivity contribution in [1.29, 1.82) is 0 Å². The van der Waals surface area contributed by atoms with Gasteiger partial charge < -0.3 is 30.5 Å². The molecule has 0 bridgehead atoms. The van der Waals surface area contributed by atoms with Crippen LogP contribution in [-0.2, 0) is 20.7 Å². The topological polar surface area (TPSA) is 128 Å². The van der Waals surface area contributed by atoms with Crippen LogP contribution in [0.2, 0.25) is 0 Å². The third kappa shape index (κ3) is 10.3. The average molecular weight is 584 g/mol. The summed E-state index contributed by atoms with van der Waals surface area (Å²) in [6.07, 6.45) is 0.714. The zero-order valence-electron chi connectivity index (χ0n) is 26.5. The zero-order valence-corrected chi connectivity index (χ0v) is 26.5. The number of benzene rings is 2. The second-order valence-corrected chi connectivity index (χ2v) is 12.7. The highest BCUT2D eigenvalue weighted by Crippen LogP contribution is 2.34. The van der Waals surface area contributed by atoms with Crippen molar-refractivity contribution < 1.29 is 29.3 Å². The van der Waals surface area contributed by atoms with Gasteiger partial charge in [0.25, 0.3) is 0 Å². The minimum absolute atomic E-state index is 0.0644. The molecule has 3 unspecified atom stereocenters. The summed E-state index contributed by atoms with van der Waals surface area (Å²) in [6, 6.07) is 8.59. The first kappa shape index (κ1) is 34.5. The van der Waals surface area contributed by atoms with Gasteiger partial charge in [-0.3, -0.25) is 9.59 Å². The van der Waals surface area contributed by atoms with Gasteiger partial charge in [-0.05, 0) is 90.5 Å². The van der Waals surface area contributed by atoms with Crippen LogP contribution in [-0.4, -0.2) is 56.7 Å². The lowest BCUT2D eigenvalue weighted by Crippen LogP contribution is -2.56. The van der Waals surface area contributed by atoms with Crippen LogP contribution >= 0.6 is 0 Å². The Hall–Kier alpha value is -3.75. The third-order valence-corrected chi connectivity index (χ3v) is 6.78. The normalized spacial score (nSPS) is 13.8. The highest BCUT2D eigenvalue weighted by molar-refractivity contribution is 5.93. The van der Waals surface area contributed by atoms with Gasteiger partial charge in [-0.1, -0.05) is 44.2 Å². The standard InChI is InChI=1S/C33H49N3O6/c1-20(2)13-14-23(6)36(28(30(39)34-21(3)4)26-12-10-11-22(5)29(26)38)31(40)27(35-32(41)42-33(7,8)9)19-24-15-17-25(37)18-16-24/h10-12,15-18,20-21,23,27-28,37-38H,13-14,19H2,1-9H3,(H,34,39)(H,35,41). The van der Waals surface area contributed by atoms with Crippen LogP contribution in [0, 0.1) is 12.8 Å². The number of phenolic OH excluding ortho intramolecular Hbond substituents is 2. The van der Waals surface area contributed by atoms with Crippen LogP contribution in [0.5, 0.6) is 11.5 Å². The number of rotatable bonds is 12. The van der Waals surface area contributed by atoms with Crippen LogP contribution in [0.3, 0.4) is 0 Å². The lowest BCUT2D eigenvalue weighted by molar-refractivity contribution is -0.145. The summed E-state index contributed by atoms with van der Waals surface area (Å²) in [5, 5.41) is 26.6. The van der Waals surface area contributed by atoms with Gasteiger partial charge in [-0.25, -0.2) is 4.79 Å². The molecule has 0 aliphatic carbocycles. The van der Waals surface area contributed by atoms with Gasteiger partial charge in [0.2, 0.25) is 11.8 Å². The number of carbonyl (C=O) groups excluding carboxylic acids is 3. The molecule has 3 atom stereocenters. The second kappa shape index (κ2) is 14.9. The van der Waals surface area contributed by atoms with E-state index in [-0.39, 0.29) is 24.0 Å². The van der Waals surface area contributed by atoms with E-state index in [1.54, 1.807) is 58.0 Å². The van der Waals surface area contributed by atoms with Crippen molar-refractivity contribution in [3.8, 4) is 11.5 Å². The van der Waals surface area contributed by atoms with Crippen molar-refractivity contribution in [2.24, 2.45) is 5.92 Å². The van der Waals surface area contributed by atoms with Gasteiger partial charge in [0.15, 0.2) is 0 Å². The molecule has 0 saturated carbocycles. The van der Waals surface area contributed by atoms with E-state index >= 15 is 0 Å². The van der Waals surface area contributed by atoms with Crippen LogP contribution in [0.25, 0.3) is 0 Å². The molecule has 0 fully saturated rings. The Morgan fingerprint density at radius 3 is 2.07 bits per heavy atom. The maximum absolute atomic E-state index is 14.6. The molecule has 3 amide bonds. The third-order valence-electron chi connectivity index (χ3n) is 6.78. The van der Waals surface area contributed by atoms with E-state index in [0.29, 0.717) is 29.0 Å². The van der Waals surface area contributed by atoms with Crippen LogP contribution in [0.15, 0.2) is 42.5 Å². The number of hydrogen-bond acceptors (Lipinski definition) is 6. The van der Waals surface area contributed by atoms with Crippen LogP contribution in [0.4, 0.5) is 4.79 Å². The summed E-state index contributed by atoms with van der Waals surface area (Å²) < 4.78 is 5.49. The second-order valence-electron chi connectivity index (χ2n) is 12.7. The predicted octanol–water partition coefficient (Wildman–Crippen LogP) is 5.76. The number of carbonyl (C=O) groups is 3. The Balaban J connectivity index is 2.70. The molecule has 2 aromatic carbocycles. The maximum Gasteiger partial charge on any atom is 0.408 e. The molecule has 0 saturated heterocycles. The summed E-state index contributed by atoms with van der Waals surface area (Å²) in [5.74, 6) is -0.560. The number of hydrogen-bond donors (Lipinski definition) is 4. The van der Waals surface area contributed by atoms with Gasteiger partial charge in [0.1, 0.15) is 29.2 Å². The first-order chi connectivity index (χ1) is 19.5. The van der Waals surface area contributed by atoms with Crippen molar-refractivity contribution >= 4 is 17.9 Å². The molecule has 0 spiro atoms. The Kier molecular flexibility index (Phi) is 12.3. The molecule has 9 heteroatoms. The van der Waals surface area contributed by atoms with Crippen molar-refractivity contribution in [1.82, 2.24) is 15.5 Å². The van der Waals surface area contributed by atoms with Gasteiger partial charge in [0.05, 0.1) is 0 Å². The van der Waals surface area contributed by atoms with E-state index in [1.165, 1.54) is 17.0 Å². The molecule has 232 valence electrons. The SMILES string of the molecule is Cc1cccc(C(C(=O)NC(C)C)N(C(=O)C(Cc2ccc(O)cc2)NC(=O)OC(C)(C)C)C(C)CCC(C)C)c1O. The summed E-state index contributed by atoms with van der Waals surface area (Å²) in [7, 11) is 0. The van der Waals surface area contributed by atoms with Crippen molar-refractivity contribution in [3.63, 3.8) is 0 Å². The number of ether oxygens (including phenoxy) is 1. The van der Waals surface area contributed by atoms with Gasteiger partial charge in [-0.15, -0.1) is 0 Å². The summed E-state index contributed by atoms with van der Waals surface area (Å²) in [6.45, 7) is 16.7. The minimum atomic E-state index is -1.16. The molecule has 2 rings (SSSR count). The van der Waals surface area contributed by atoms with Gasteiger partial charge in [0, 0.05) is 24.1 Å². The number of alkyl carbamates (subject to hydrolysis) is 1. The van der Waals surface area contributed by atoms with E-state index < -0.39 is 41.6 Å². The fourth-order valence-electron chi connectivity index (χ4n) is 4.69.